The van der Waals surface area contributed by atoms with Gasteiger partial charge in [-0.25, -0.2) is 0 Å². The lowest BCUT2D eigenvalue weighted by molar-refractivity contribution is 0.138. The molecule has 2 heteroatoms. The van der Waals surface area contributed by atoms with Crippen molar-refractivity contribution >= 4 is 0 Å². The van der Waals surface area contributed by atoms with E-state index < -0.39 is 0 Å². The molecule has 0 bridgehead atoms. The predicted molar refractivity (Wildman–Crippen MR) is 74.6 cm³/mol. The van der Waals surface area contributed by atoms with Crippen LogP contribution in [0, 0.1) is 11.8 Å². The van der Waals surface area contributed by atoms with Crippen molar-refractivity contribution in [1.29, 1.82) is 0 Å². The van der Waals surface area contributed by atoms with E-state index in [1.807, 2.05) is 12.1 Å². The molecule has 1 aliphatic heterocycles. The fraction of sp³-hybridized carbons (Fsp3) is 0.500. The molecular formula is C16H21NO. The lowest BCUT2D eigenvalue weighted by Crippen LogP contribution is -2.24. The molecule has 0 saturated heterocycles. The minimum absolute atomic E-state index is 0.0176. The minimum Gasteiger partial charge on any atom is -0.487 e. The summed E-state index contributed by atoms with van der Waals surface area (Å²) in [7, 11) is 0. The Morgan fingerprint density at radius 2 is 2.22 bits per heavy atom. The zero-order valence-corrected chi connectivity index (χ0v) is 11.4. The first-order chi connectivity index (χ1) is 8.50. The number of hydrogen-bond acceptors (Lipinski definition) is 2. The first-order valence-corrected chi connectivity index (χ1v) is 6.59. The summed E-state index contributed by atoms with van der Waals surface area (Å²) < 4.78 is 5.84. The highest BCUT2D eigenvalue weighted by Crippen LogP contribution is 2.34. The van der Waals surface area contributed by atoms with Crippen LogP contribution in [0.1, 0.15) is 44.7 Å². The minimum atomic E-state index is -0.0903. The largest absolute Gasteiger partial charge is 0.487 e. The Balaban J connectivity index is 2.14. The van der Waals surface area contributed by atoms with Crippen molar-refractivity contribution in [1.82, 2.24) is 0 Å². The van der Waals surface area contributed by atoms with Crippen LogP contribution in [0.4, 0.5) is 0 Å². The third-order valence-corrected chi connectivity index (χ3v) is 3.06. The van der Waals surface area contributed by atoms with E-state index in [9.17, 15) is 0 Å². The molecule has 18 heavy (non-hydrogen) atoms. The molecule has 0 aromatic heterocycles. The zero-order chi connectivity index (χ0) is 13.2. The predicted octanol–water partition coefficient (Wildman–Crippen LogP) is 2.88. The Hall–Kier alpha value is -1.46. The summed E-state index contributed by atoms with van der Waals surface area (Å²) in [5.74, 6) is 7.24. The molecule has 0 saturated carbocycles. The summed E-state index contributed by atoms with van der Waals surface area (Å²) in [4.78, 5) is 0. The van der Waals surface area contributed by atoms with E-state index in [-0.39, 0.29) is 11.6 Å². The van der Waals surface area contributed by atoms with Gasteiger partial charge in [0.25, 0.3) is 0 Å². The van der Waals surface area contributed by atoms with Crippen molar-refractivity contribution in [3.8, 4) is 17.6 Å². The van der Waals surface area contributed by atoms with Gasteiger partial charge in [-0.3, -0.25) is 0 Å². The van der Waals surface area contributed by atoms with Crippen LogP contribution in [0.2, 0.25) is 0 Å². The fourth-order valence-corrected chi connectivity index (χ4v) is 2.25. The molecule has 1 atom stereocenters. The smallest absolute Gasteiger partial charge is 0.123 e. The average Bonchev–Trinajstić information content (AvgIpc) is 2.59. The Kier molecular flexibility index (Phi) is 3.63. The lowest BCUT2D eigenvalue weighted by atomic mass is 10.0. The van der Waals surface area contributed by atoms with Crippen molar-refractivity contribution < 1.29 is 4.74 Å². The van der Waals surface area contributed by atoms with Crippen LogP contribution in [-0.2, 0) is 6.42 Å². The van der Waals surface area contributed by atoms with Crippen molar-refractivity contribution in [2.24, 2.45) is 5.73 Å². The number of hydrogen-bond donors (Lipinski definition) is 1. The van der Waals surface area contributed by atoms with Gasteiger partial charge in [0.05, 0.1) is 6.04 Å². The first-order valence-electron chi connectivity index (χ1n) is 6.59. The summed E-state index contributed by atoms with van der Waals surface area (Å²) in [5, 5.41) is 0. The molecule has 0 radical (unpaired) electrons. The van der Waals surface area contributed by atoms with Crippen LogP contribution in [0.15, 0.2) is 18.2 Å². The van der Waals surface area contributed by atoms with Crippen LogP contribution in [0.25, 0.3) is 0 Å². The third kappa shape index (κ3) is 3.05. The van der Waals surface area contributed by atoms with E-state index in [0.29, 0.717) is 0 Å². The van der Waals surface area contributed by atoms with E-state index in [2.05, 4.69) is 38.7 Å². The molecule has 1 aromatic rings. The number of nitrogens with two attached hydrogens (primary N) is 1. The Morgan fingerprint density at radius 1 is 1.44 bits per heavy atom. The van der Waals surface area contributed by atoms with Crippen molar-refractivity contribution in [3.05, 3.63) is 29.3 Å². The molecule has 1 unspecified atom stereocenters. The van der Waals surface area contributed by atoms with Gasteiger partial charge in [0, 0.05) is 12.0 Å². The maximum atomic E-state index is 5.89. The first kappa shape index (κ1) is 13.0. The molecule has 1 aliphatic rings. The number of fused-ring (bicyclic) bond motifs is 1. The SMILES string of the molecule is CCCC(N)C#Cc1ccc2c(c1)CC(C)(C)O2. The Labute approximate surface area is 110 Å². The number of ether oxygens (including phenoxy) is 1. The lowest BCUT2D eigenvalue weighted by Gasteiger charge is -2.16. The van der Waals surface area contributed by atoms with Gasteiger partial charge in [-0.15, -0.1) is 0 Å². The molecule has 1 aromatic carbocycles. The molecule has 0 fully saturated rings. The molecule has 96 valence electrons. The number of benzene rings is 1. The second-order valence-electron chi connectivity index (χ2n) is 5.53. The Morgan fingerprint density at radius 3 is 2.94 bits per heavy atom. The Bertz CT molecular complexity index is 494. The summed E-state index contributed by atoms with van der Waals surface area (Å²) in [6.45, 7) is 6.33. The van der Waals surface area contributed by atoms with Crippen LogP contribution in [-0.4, -0.2) is 11.6 Å². The van der Waals surface area contributed by atoms with Crippen molar-refractivity contribution in [2.75, 3.05) is 0 Å². The highest BCUT2D eigenvalue weighted by atomic mass is 16.5. The van der Waals surface area contributed by atoms with Crippen molar-refractivity contribution in [3.63, 3.8) is 0 Å². The van der Waals surface area contributed by atoms with Gasteiger partial charge in [-0.05, 0) is 44.0 Å². The number of rotatable bonds is 2. The average molecular weight is 243 g/mol. The van der Waals surface area contributed by atoms with Gasteiger partial charge < -0.3 is 10.5 Å². The topological polar surface area (TPSA) is 35.2 Å². The second kappa shape index (κ2) is 5.04. The van der Waals surface area contributed by atoms with Gasteiger partial charge in [-0.2, -0.15) is 0 Å². The monoisotopic (exact) mass is 243 g/mol. The zero-order valence-electron chi connectivity index (χ0n) is 11.4. The van der Waals surface area contributed by atoms with Gasteiger partial charge in [0.1, 0.15) is 11.4 Å². The van der Waals surface area contributed by atoms with E-state index >= 15 is 0 Å². The summed E-state index contributed by atoms with van der Waals surface area (Å²) in [6.07, 6.45) is 2.97. The molecule has 0 amide bonds. The summed E-state index contributed by atoms with van der Waals surface area (Å²) in [6, 6.07) is 6.12. The fourth-order valence-electron chi connectivity index (χ4n) is 2.25. The standard InChI is InChI=1S/C16H21NO/c1-4-5-14(17)8-6-12-7-9-15-13(10-12)11-16(2,3)18-15/h7,9-10,14H,4-5,11,17H2,1-3H3. The highest BCUT2D eigenvalue weighted by Gasteiger charge is 2.29. The van der Waals surface area contributed by atoms with E-state index in [1.54, 1.807) is 0 Å². The molecule has 0 aliphatic carbocycles. The van der Waals surface area contributed by atoms with Crippen molar-refractivity contribution in [2.45, 2.75) is 51.7 Å². The molecular weight excluding hydrogens is 222 g/mol. The molecule has 0 spiro atoms. The van der Waals surface area contributed by atoms with Crippen LogP contribution < -0.4 is 10.5 Å². The summed E-state index contributed by atoms with van der Waals surface area (Å²) >= 11 is 0. The highest BCUT2D eigenvalue weighted by molar-refractivity contribution is 5.47. The maximum absolute atomic E-state index is 5.89. The maximum Gasteiger partial charge on any atom is 0.123 e. The van der Waals surface area contributed by atoms with E-state index in [4.69, 9.17) is 10.5 Å². The quantitative estimate of drug-likeness (QED) is 0.811. The molecule has 1 heterocycles. The van der Waals surface area contributed by atoms with Crippen LogP contribution in [0.3, 0.4) is 0 Å². The van der Waals surface area contributed by atoms with Gasteiger partial charge >= 0.3 is 0 Å². The van der Waals surface area contributed by atoms with E-state index in [1.165, 1.54) is 5.56 Å². The summed E-state index contributed by atoms with van der Waals surface area (Å²) in [5.41, 5.74) is 8.07. The molecule has 2 nitrogen and oxygen atoms in total. The van der Waals surface area contributed by atoms with Crippen LogP contribution >= 0.6 is 0 Å². The molecule has 2 rings (SSSR count). The van der Waals surface area contributed by atoms with Gasteiger partial charge in [0.2, 0.25) is 0 Å². The van der Waals surface area contributed by atoms with Gasteiger partial charge in [-0.1, -0.05) is 25.2 Å². The normalized spacial score (nSPS) is 17.3. The van der Waals surface area contributed by atoms with Gasteiger partial charge in [0.15, 0.2) is 0 Å². The second-order valence-corrected chi connectivity index (χ2v) is 5.53. The van der Waals surface area contributed by atoms with E-state index in [0.717, 1.165) is 30.6 Å². The molecule has 2 N–H and O–H groups in total. The third-order valence-electron chi connectivity index (χ3n) is 3.06. The van der Waals surface area contributed by atoms with Crippen LogP contribution in [0.5, 0.6) is 5.75 Å².